The Morgan fingerprint density at radius 2 is 1.58 bits per heavy atom. The Bertz CT molecular complexity index is 1270. The molecular weight excluding hydrogens is 495 g/mol. The number of hydrogen-bond donors (Lipinski definition) is 0. The Hall–Kier alpha value is -1.92. The van der Waals surface area contributed by atoms with E-state index in [-0.39, 0.29) is 0 Å². The molecule has 8 heteroatoms. The molecule has 0 spiro atoms. The molecule has 1 fully saturated rings. The maximum Gasteiger partial charge on any atom is 0.168 e. The third kappa shape index (κ3) is 4.69. The first kappa shape index (κ1) is 22.9. The topological polar surface area (TPSA) is 43.6 Å². The molecule has 170 valence electrons. The van der Waals surface area contributed by atoms with Gasteiger partial charge < -0.3 is 0 Å². The van der Waals surface area contributed by atoms with Crippen LogP contribution in [0, 0.1) is 6.92 Å². The maximum absolute atomic E-state index is 6.59. The summed E-state index contributed by atoms with van der Waals surface area (Å²) in [6.45, 7) is 2.05. The van der Waals surface area contributed by atoms with Crippen molar-refractivity contribution in [2.75, 3.05) is 0 Å². The zero-order chi connectivity index (χ0) is 22.9. The van der Waals surface area contributed by atoms with Crippen LogP contribution in [0.1, 0.15) is 55.1 Å². The molecule has 1 saturated carbocycles. The third-order valence-electron chi connectivity index (χ3n) is 6.21. The van der Waals surface area contributed by atoms with Crippen LogP contribution in [-0.4, -0.2) is 19.7 Å². The van der Waals surface area contributed by atoms with Crippen molar-refractivity contribution in [3.8, 4) is 27.8 Å². The lowest BCUT2D eigenvalue weighted by atomic mass is 10.0. The molecule has 2 aromatic heterocycles. The molecule has 0 aliphatic heterocycles. The molecule has 2 heterocycles. The molecule has 1 aliphatic rings. The summed E-state index contributed by atoms with van der Waals surface area (Å²) < 4.78 is 2.09. The van der Waals surface area contributed by atoms with Gasteiger partial charge in [-0.25, -0.2) is 4.98 Å². The van der Waals surface area contributed by atoms with Gasteiger partial charge in [0, 0.05) is 27.2 Å². The van der Waals surface area contributed by atoms with Crippen molar-refractivity contribution in [3.63, 3.8) is 0 Å². The lowest BCUT2D eigenvalue weighted by Crippen LogP contribution is -2.00. The number of aromatic nitrogens is 4. The van der Waals surface area contributed by atoms with E-state index in [4.69, 9.17) is 39.8 Å². The zero-order valence-electron chi connectivity index (χ0n) is 18.2. The first-order chi connectivity index (χ1) is 16.0. The molecule has 5 rings (SSSR count). The van der Waals surface area contributed by atoms with Crippen LogP contribution in [0.15, 0.2) is 42.5 Å². The Morgan fingerprint density at radius 1 is 0.879 bits per heavy atom. The van der Waals surface area contributed by atoms with Gasteiger partial charge >= 0.3 is 0 Å². The van der Waals surface area contributed by atoms with Gasteiger partial charge in [0.15, 0.2) is 5.01 Å². The molecule has 0 radical (unpaired) electrons. The van der Waals surface area contributed by atoms with Crippen LogP contribution in [-0.2, 0) is 0 Å². The van der Waals surface area contributed by atoms with E-state index in [9.17, 15) is 0 Å². The van der Waals surface area contributed by atoms with E-state index >= 15 is 0 Å². The summed E-state index contributed by atoms with van der Waals surface area (Å²) in [4.78, 5) is 5.03. The van der Waals surface area contributed by atoms with Crippen LogP contribution in [0.3, 0.4) is 0 Å². The summed E-state index contributed by atoms with van der Waals surface area (Å²) >= 11 is 20.6. The molecule has 0 atom stereocenters. The van der Waals surface area contributed by atoms with Gasteiger partial charge in [0.1, 0.15) is 16.5 Å². The van der Waals surface area contributed by atoms with Crippen molar-refractivity contribution in [2.45, 2.75) is 51.4 Å². The second kappa shape index (κ2) is 9.75. The fourth-order valence-electron chi connectivity index (χ4n) is 4.48. The number of halogens is 3. The first-order valence-electron chi connectivity index (χ1n) is 11.2. The Balaban J connectivity index is 1.63. The van der Waals surface area contributed by atoms with E-state index < -0.39 is 0 Å². The fraction of sp³-hybridized carbons (Fsp3) is 0.320. The van der Waals surface area contributed by atoms with Gasteiger partial charge in [0.05, 0.1) is 10.7 Å². The number of benzene rings is 2. The number of nitrogens with zero attached hydrogens (tertiary/aromatic N) is 4. The van der Waals surface area contributed by atoms with Crippen molar-refractivity contribution < 1.29 is 0 Å². The van der Waals surface area contributed by atoms with Gasteiger partial charge in [-0.3, -0.25) is 4.57 Å². The molecule has 0 unspecified atom stereocenters. The molecule has 2 aromatic carbocycles. The number of hydrogen-bond acceptors (Lipinski definition) is 4. The van der Waals surface area contributed by atoms with E-state index in [1.165, 1.54) is 38.5 Å². The van der Waals surface area contributed by atoms with Gasteiger partial charge in [-0.2, -0.15) is 0 Å². The minimum Gasteiger partial charge on any atom is -0.296 e. The van der Waals surface area contributed by atoms with Crippen LogP contribution in [0.25, 0.3) is 27.8 Å². The third-order valence-corrected chi connectivity index (χ3v) is 8.10. The lowest BCUT2D eigenvalue weighted by Gasteiger charge is -2.12. The number of rotatable bonds is 4. The second-order valence-electron chi connectivity index (χ2n) is 8.44. The number of imidazole rings is 1. The highest BCUT2D eigenvalue weighted by Gasteiger charge is 2.24. The summed E-state index contributed by atoms with van der Waals surface area (Å²) in [6.07, 6.45) is 7.55. The van der Waals surface area contributed by atoms with Gasteiger partial charge in [0.2, 0.25) is 0 Å². The second-order valence-corrected chi connectivity index (χ2v) is 10.7. The van der Waals surface area contributed by atoms with Crippen molar-refractivity contribution in [2.24, 2.45) is 0 Å². The van der Waals surface area contributed by atoms with E-state index in [1.807, 2.05) is 36.4 Å². The Labute approximate surface area is 212 Å². The molecule has 1 aliphatic carbocycles. The fourth-order valence-corrected chi connectivity index (χ4v) is 6.16. The molecular formula is C25H23Cl3N4S. The summed E-state index contributed by atoms with van der Waals surface area (Å²) in [5.74, 6) is 1.24. The van der Waals surface area contributed by atoms with Gasteiger partial charge in [-0.1, -0.05) is 71.8 Å². The lowest BCUT2D eigenvalue weighted by molar-refractivity contribution is 0.584. The van der Waals surface area contributed by atoms with Gasteiger partial charge in [0.25, 0.3) is 0 Å². The minimum atomic E-state index is 0.502. The molecule has 0 bridgehead atoms. The zero-order valence-corrected chi connectivity index (χ0v) is 21.3. The molecule has 33 heavy (non-hydrogen) atoms. The normalized spacial score (nSPS) is 15.0. The van der Waals surface area contributed by atoms with E-state index in [0.717, 1.165) is 38.5 Å². The first-order valence-corrected chi connectivity index (χ1v) is 13.1. The standard InChI is InChI=1S/C25H23Cl3N4S/c1-15-22(25-31-30-24(33-25)16-6-4-2-3-5-7-16)29-23(20-13-10-18(27)14-21(20)28)32(15)19-11-8-17(26)9-12-19/h8-14,16H,2-7H2,1H3. The van der Waals surface area contributed by atoms with Crippen molar-refractivity contribution >= 4 is 46.1 Å². The monoisotopic (exact) mass is 516 g/mol. The van der Waals surface area contributed by atoms with Crippen LogP contribution in [0.4, 0.5) is 0 Å². The SMILES string of the molecule is Cc1c(-c2nnc(C3CCCCCC3)s2)nc(-c2ccc(Cl)cc2Cl)n1-c1ccc(Cl)cc1. The summed E-state index contributed by atoms with van der Waals surface area (Å²) in [5, 5.41) is 12.9. The Morgan fingerprint density at radius 3 is 2.27 bits per heavy atom. The van der Waals surface area contributed by atoms with Gasteiger partial charge in [-0.05, 0) is 62.2 Å². The van der Waals surface area contributed by atoms with E-state index in [2.05, 4.69) is 21.7 Å². The highest BCUT2D eigenvalue weighted by atomic mass is 35.5. The molecule has 0 saturated heterocycles. The summed E-state index contributed by atoms with van der Waals surface area (Å²) in [6, 6.07) is 13.2. The van der Waals surface area contributed by atoms with Gasteiger partial charge in [-0.15, -0.1) is 10.2 Å². The van der Waals surface area contributed by atoms with E-state index in [1.54, 1.807) is 17.4 Å². The molecule has 4 aromatic rings. The molecule has 0 N–H and O–H groups in total. The van der Waals surface area contributed by atoms with Crippen molar-refractivity contribution in [1.82, 2.24) is 19.7 Å². The largest absolute Gasteiger partial charge is 0.296 e. The van der Waals surface area contributed by atoms with Crippen LogP contribution in [0.5, 0.6) is 0 Å². The summed E-state index contributed by atoms with van der Waals surface area (Å²) in [7, 11) is 0. The predicted molar refractivity (Wildman–Crippen MR) is 138 cm³/mol. The highest BCUT2D eigenvalue weighted by molar-refractivity contribution is 7.14. The minimum absolute atomic E-state index is 0.502. The Kier molecular flexibility index (Phi) is 6.75. The average molecular weight is 518 g/mol. The smallest absolute Gasteiger partial charge is 0.168 e. The highest BCUT2D eigenvalue weighted by Crippen LogP contribution is 2.39. The molecule has 0 amide bonds. The quantitative estimate of drug-likeness (QED) is 0.254. The van der Waals surface area contributed by atoms with Crippen molar-refractivity contribution in [1.29, 1.82) is 0 Å². The summed E-state index contributed by atoms with van der Waals surface area (Å²) in [5.41, 5.74) is 3.55. The van der Waals surface area contributed by atoms with Crippen LogP contribution < -0.4 is 0 Å². The average Bonchev–Trinajstić information content (AvgIpc) is 3.30. The maximum atomic E-state index is 6.59. The van der Waals surface area contributed by atoms with E-state index in [0.29, 0.717) is 21.0 Å². The van der Waals surface area contributed by atoms with Crippen LogP contribution in [0.2, 0.25) is 15.1 Å². The van der Waals surface area contributed by atoms with Crippen LogP contribution >= 0.6 is 46.1 Å². The predicted octanol–water partition coefficient (Wildman–Crippen LogP) is 8.76. The van der Waals surface area contributed by atoms with Crippen molar-refractivity contribution in [3.05, 3.63) is 68.2 Å². The molecule has 4 nitrogen and oxygen atoms in total.